The Balaban J connectivity index is 1.32. The van der Waals surface area contributed by atoms with E-state index in [0.717, 1.165) is 21.3 Å². The van der Waals surface area contributed by atoms with Gasteiger partial charge < -0.3 is 4.90 Å². The Morgan fingerprint density at radius 2 is 1.77 bits per heavy atom. The van der Waals surface area contributed by atoms with Crippen LogP contribution in [0.15, 0.2) is 80.9 Å². The SMILES string of the molecule is C[C@@H](c1ccccc1Br)n1cc(C2(C)CN(C(=O)c3cc(-c4ccccc4)nc4c3c(=O)[nH]c(=O)n4C)C2)nn1. The van der Waals surface area contributed by atoms with E-state index < -0.39 is 16.7 Å². The molecule has 1 aliphatic heterocycles. The Kier molecular flexibility index (Phi) is 6.25. The maximum atomic E-state index is 13.8. The van der Waals surface area contributed by atoms with Gasteiger partial charge in [-0.25, -0.2) is 14.5 Å². The summed E-state index contributed by atoms with van der Waals surface area (Å²) in [5.74, 6) is -0.305. The van der Waals surface area contributed by atoms with Crippen molar-refractivity contribution in [2.24, 2.45) is 7.05 Å². The van der Waals surface area contributed by atoms with Crippen molar-refractivity contribution in [3.8, 4) is 11.3 Å². The predicted octanol–water partition coefficient (Wildman–Crippen LogP) is 3.67. The maximum Gasteiger partial charge on any atom is 0.329 e. The Morgan fingerprint density at radius 3 is 2.50 bits per heavy atom. The summed E-state index contributed by atoms with van der Waals surface area (Å²) in [5, 5.41) is 8.92. The van der Waals surface area contributed by atoms with E-state index in [1.807, 2.05) is 72.4 Å². The highest BCUT2D eigenvalue weighted by Gasteiger charge is 2.45. The number of carbonyl (C=O) groups excluding carboxylic acids is 1. The zero-order valence-electron chi connectivity index (χ0n) is 22.1. The number of hydrogen-bond donors (Lipinski definition) is 1. The second-order valence-corrected chi connectivity index (χ2v) is 11.3. The number of aryl methyl sites for hydroxylation is 1. The molecule has 0 bridgehead atoms. The van der Waals surface area contributed by atoms with Gasteiger partial charge in [0.1, 0.15) is 0 Å². The number of benzene rings is 2. The fourth-order valence-corrected chi connectivity index (χ4v) is 5.85. The number of fused-ring (bicyclic) bond motifs is 1. The molecule has 40 heavy (non-hydrogen) atoms. The van der Waals surface area contributed by atoms with Crippen molar-refractivity contribution in [2.75, 3.05) is 13.1 Å². The number of aromatic amines is 1. The van der Waals surface area contributed by atoms with Gasteiger partial charge in [-0.3, -0.25) is 19.1 Å². The van der Waals surface area contributed by atoms with Gasteiger partial charge >= 0.3 is 5.69 Å². The molecule has 0 saturated carbocycles. The molecular weight excluding hydrogens is 574 g/mol. The van der Waals surface area contributed by atoms with Gasteiger partial charge in [0.05, 0.1) is 28.4 Å². The lowest BCUT2D eigenvalue weighted by Crippen LogP contribution is -2.60. The average molecular weight is 600 g/mol. The van der Waals surface area contributed by atoms with Crippen LogP contribution in [-0.2, 0) is 12.5 Å². The second kappa shape index (κ2) is 9.67. The number of amides is 1. The fourth-order valence-electron chi connectivity index (χ4n) is 5.23. The van der Waals surface area contributed by atoms with Crippen LogP contribution in [0.3, 0.4) is 0 Å². The number of hydrogen-bond acceptors (Lipinski definition) is 6. The Hall–Kier alpha value is -4.38. The monoisotopic (exact) mass is 599 g/mol. The molecule has 1 saturated heterocycles. The van der Waals surface area contributed by atoms with Crippen molar-refractivity contribution >= 4 is 32.9 Å². The Bertz CT molecular complexity index is 1890. The second-order valence-electron chi connectivity index (χ2n) is 10.4. The summed E-state index contributed by atoms with van der Waals surface area (Å²) in [6.07, 6.45) is 1.93. The minimum atomic E-state index is -0.638. The highest BCUT2D eigenvalue weighted by atomic mass is 79.9. The summed E-state index contributed by atoms with van der Waals surface area (Å²) < 4.78 is 4.08. The third-order valence-corrected chi connectivity index (χ3v) is 8.34. The Morgan fingerprint density at radius 1 is 1.07 bits per heavy atom. The molecule has 10 nitrogen and oxygen atoms in total. The number of rotatable bonds is 5. The Labute approximate surface area is 237 Å². The lowest BCUT2D eigenvalue weighted by atomic mass is 9.78. The van der Waals surface area contributed by atoms with Crippen molar-refractivity contribution in [1.82, 2.24) is 34.4 Å². The first-order chi connectivity index (χ1) is 19.2. The summed E-state index contributed by atoms with van der Waals surface area (Å²) in [6, 6.07) is 18.9. The predicted molar refractivity (Wildman–Crippen MR) is 154 cm³/mol. The molecule has 202 valence electrons. The van der Waals surface area contributed by atoms with Crippen LogP contribution in [0.1, 0.15) is 41.5 Å². The van der Waals surface area contributed by atoms with Crippen LogP contribution in [0.4, 0.5) is 0 Å². The molecule has 1 fully saturated rings. The molecule has 3 aromatic heterocycles. The van der Waals surface area contributed by atoms with Gasteiger partial charge in [0, 0.05) is 41.8 Å². The first-order valence-electron chi connectivity index (χ1n) is 12.8. The largest absolute Gasteiger partial charge is 0.337 e. The number of likely N-dealkylation sites (tertiary alicyclic amines) is 1. The van der Waals surface area contributed by atoms with E-state index in [2.05, 4.69) is 43.1 Å². The molecule has 0 aliphatic carbocycles. The number of halogens is 1. The topological polar surface area (TPSA) is 119 Å². The van der Waals surface area contributed by atoms with Crippen LogP contribution >= 0.6 is 15.9 Å². The van der Waals surface area contributed by atoms with Crippen molar-refractivity contribution < 1.29 is 4.79 Å². The number of carbonyl (C=O) groups is 1. The molecule has 6 rings (SSSR count). The van der Waals surface area contributed by atoms with Crippen LogP contribution in [0.5, 0.6) is 0 Å². The standard InChI is InChI=1S/C29H26BrN7O3/c1-17(19-11-7-8-12-21(19)30)37-14-23(33-34-37)29(2)15-36(16-29)27(39)20-13-22(18-9-5-4-6-10-18)31-25-24(20)26(38)32-28(40)35(25)3/h4-14,17H,15-16H2,1-3H3,(H,32,38,40)/t17-/m0/s1. The van der Waals surface area contributed by atoms with E-state index in [1.54, 1.807) is 11.0 Å². The number of nitrogens with one attached hydrogen (secondary N) is 1. The van der Waals surface area contributed by atoms with Gasteiger partial charge in [0.25, 0.3) is 11.5 Å². The average Bonchev–Trinajstić information content (AvgIpc) is 3.44. The van der Waals surface area contributed by atoms with Crippen LogP contribution in [0.25, 0.3) is 22.3 Å². The van der Waals surface area contributed by atoms with E-state index in [0.29, 0.717) is 18.8 Å². The van der Waals surface area contributed by atoms with Gasteiger partial charge in [-0.1, -0.05) is 76.6 Å². The molecule has 1 N–H and O–H groups in total. The van der Waals surface area contributed by atoms with Crippen molar-refractivity contribution in [1.29, 1.82) is 0 Å². The van der Waals surface area contributed by atoms with E-state index in [9.17, 15) is 14.4 Å². The lowest BCUT2D eigenvalue weighted by molar-refractivity contribution is 0.0425. The van der Waals surface area contributed by atoms with E-state index in [1.165, 1.54) is 11.6 Å². The van der Waals surface area contributed by atoms with Gasteiger partial charge in [-0.05, 0) is 24.6 Å². The lowest BCUT2D eigenvalue weighted by Gasteiger charge is -2.46. The molecule has 2 aromatic carbocycles. The first-order valence-corrected chi connectivity index (χ1v) is 13.6. The van der Waals surface area contributed by atoms with Crippen molar-refractivity contribution in [3.05, 3.63) is 109 Å². The van der Waals surface area contributed by atoms with Crippen LogP contribution < -0.4 is 11.2 Å². The summed E-state index contributed by atoms with van der Waals surface area (Å²) in [7, 11) is 1.52. The van der Waals surface area contributed by atoms with E-state index >= 15 is 0 Å². The molecule has 1 aliphatic rings. The minimum Gasteiger partial charge on any atom is -0.337 e. The molecular formula is C29H26BrN7O3. The number of H-pyrrole nitrogens is 1. The fraction of sp³-hybridized carbons (Fsp3) is 0.241. The summed E-state index contributed by atoms with van der Waals surface area (Å²) in [4.78, 5) is 47.7. The van der Waals surface area contributed by atoms with E-state index in [4.69, 9.17) is 0 Å². The minimum absolute atomic E-state index is 0.0313. The molecule has 1 atom stereocenters. The summed E-state index contributed by atoms with van der Waals surface area (Å²) in [6.45, 7) is 4.91. The maximum absolute atomic E-state index is 13.8. The van der Waals surface area contributed by atoms with Crippen LogP contribution in [-0.4, -0.2) is 53.4 Å². The molecule has 0 spiro atoms. The van der Waals surface area contributed by atoms with Gasteiger partial charge in [0.15, 0.2) is 5.65 Å². The summed E-state index contributed by atoms with van der Waals surface area (Å²) >= 11 is 3.61. The van der Waals surface area contributed by atoms with Gasteiger partial charge in [-0.15, -0.1) is 5.10 Å². The van der Waals surface area contributed by atoms with Gasteiger partial charge in [0.2, 0.25) is 0 Å². The van der Waals surface area contributed by atoms with Crippen LogP contribution in [0, 0.1) is 0 Å². The molecule has 4 heterocycles. The van der Waals surface area contributed by atoms with E-state index in [-0.39, 0.29) is 28.5 Å². The highest BCUT2D eigenvalue weighted by molar-refractivity contribution is 9.10. The summed E-state index contributed by atoms with van der Waals surface area (Å²) in [5.41, 5.74) is 1.89. The first kappa shape index (κ1) is 25.9. The third kappa shape index (κ3) is 4.26. The molecule has 1 amide bonds. The zero-order valence-corrected chi connectivity index (χ0v) is 23.7. The quantitative estimate of drug-likeness (QED) is 0.329. The number of pyridine rings is 1. The number of aromatic nitrogens is 6. The zero-order chi connectivity index (χ0) is 28.2. The third-order valence-electron chi connectivity index (χ3n) is 7.62. The van der Waals surface area contributed by atoms with Gasteiger partial charge in [-0.2, -0.15) is 0 Å². The van der Waals surface area contributed by atoms with Crippen LogP contribution in [0.2, 0.25) is 0 Å². The molecule has 5 aromatic rings. The molecule has 11 heteroatoms. The normalized spacial score (nSPS) is 15.2. The molecule has 0 radical (unpaired) electrons. The number of nitrogens with zero attached hydrogens (tertiary/aromatic N) is 6. The van der Waals surface area contributed by atoms with Crippen molar-refractivity contribution in [3.63, 3.8) is 0 Å². The molecule has 0 unspecified atom stereocenters. The smallest absolute Gasteiger partial charge is 0.329 e. The highest BCUT2D eigenvalue weighted by Crippen LogP contribution is 2.36. The van der Waals surface area contributed by atoms with Crippen molar-refractivity contribution in [2.45, 2.75) is 25.3 Å².